The van der Waals surface area contributed by atoms with E-state index in [9.17, 15) is 9.59 Å². The highest BCUT2D eigenvalue weighted by atomic mass is 16.5. The van der Waals surface area contributed by atoms with Gasteiger partial charge in [-0.2, -0.15) is 0 Å². The lowest BCUT2D eigenvalue weighted by molar-refractivity contribution is -0.150. The van der Waals surface area contributed by atoms with Crippen LogP contribution >= 0.6 is 0 Å². The molecule has 0 heterocycles. The maximum atomic E-state index is 13.2. The summed E-state index contributed by atoms with van der Waals surface area (Å²) in [7, 11) is 0. The van der Waals surface area contributed by atoms with Gasteiger partial charge in [0.25, 0.3) is 0 Å². The quantitative estimate of drug-likeness (QED) is 0.412. The molecule has 0 spiro atoms. The molecule has 5 aliphatic carbocycles. The molecule has 0 aromatic rings. The van der Waals surface area contributed by atoms with E-state index >= 15 is 0 Å². The van der Waals surface area contributed by atoms with Gasteiger partial charge in [0.2, 0.25) is 0 Å². The van der Waals surface area contributed by atoms with Crippen LogP contribution in [0.2, 0.25) is 0 Å². The van der Waals surface area contributed by atoms with Gasteiger partial charge < -0.3 is 4.74 Å². The number of carbonyl (C=O) groups is 2. The fraction of sp³-hybridized carbons (Fsp3) is 0.778. The second-order valence-corrected chi connectivity index (χ2v) is 11.6. The first-order chi connectivity index (χ1) is 14.2. The van der Waals surface area contributed by atoms with E-state index in [1.165, 1.54) is 26.2 Å². The van der Waals surface area contributed by atoms with Crippen molar-refractivity contribution in [1.82, 2.24) is 0 Å². The lowest BCUT2D eigenvalue weighted by Crippen LogP contribution is -2.55. The summed E-state index contributed by atoms with van der Waals surface area (Å²) >= 11 is 0. The van der Waals surface area contributed by atoms with Gasteiger partial charge in [-0.05, 0) is 92.8 Å². The highest BCUT2D eigenvalue weighted by molar-refractivity contribution is 5.85. The van der Waals surface area contributed by atoms with Crippen molar-refractivity contribution in [2.75, 3.05) is 0 Å². The van der Waals surface area contributed by atoms with Crippen LogP contribution in [0.1, 0.15) is 85.5 Å². The van der Waals surface area contributed by atoms with E-state index in [-0.39, 0.29) is 28.3 Å². The molecule has 0 aromatic heterocycles. The van der Waals surface area contributed by atoms with Gasteiger partial charge in [-0.25, -0.2) is 0 Å². The number of esters is 1. The normalized spacial score (nSPS) is 49.2. The molecule has 5 aliphatic rings. The molecule has 0 unspecified atom stereocenters. The summed E-state index contributed by atoms with van der Waals surface area (Å²) in [5.74, 6) is 2.90. The number of hydrogen-bond acceptors (Lipinski definition) is 3. The lowest BCUT2D eigenvalue weighted by atomic mass is 9.44. The Labute approximate surface area is 181 Å². The number of fused-ring (bicyclic) bond motifs is 7. The Kier molecular flexibility index (Phi) is 4.66. The first kappa shape index (κ1) is 20.5. The van der Waals surface area contributed by atoms with Crippen LogP contribution in [0.5, 0.6) is 0 Å². The minimum Gasteiger partial charge on any atom is -0.462 e. The van der Waals surface area contributed by atoms with E-state index in [1.807, 2.05) is 6.92 Å². The van der Waals surface area contributed by atoms with Gasteiger partial charge in [-0.3, -0.25) is 9.59 Å². The summed E-state index contributed by atoms with van der Waals surface area (Å²) in [6, 6.07) is 0. The molecule has 0 amide bonds. The van der Waals surface area contributed by atoms with E-state index in [0.29, 0.717) is 29.5 Å². The van der Waals surface area contributed by atoms with Crippen molar-refractivity contribution in [1.29, 1.82) is 0 Å². The minimum atomic E-state index is -0.150. The van der Waals surface area contributed by atoms with Crippen LogP contribution < -0.4 is 0 Å². The molecule has 0 radical (unpaired) electrons. The largest absolute Gasteiger partial charge is 0.462 e. The Morgan fingerprint density at radius 3 is 2.57 bits per heavy atom. The summed E-state index contributed by atoms with van der Waals surface area (Å²) in [4.78, 5) is 24.6. The summed E-state index contributed by atoms with van der Waals surface area (Å²) in [5.41, 5.74) is 1.81. The molecule has 0 saturated heterocycles. The van der Waals surface area contributed by atoms with Crippen molar-refractivity contribution >= 4 is 11.8 Å². The van der Waals surface area contributed by atoms with Gasteiger partial charge in [0, 0.05) is 18.8 Å². The molecule has 30 heavy (non-hydrogen) atoms. The summed E-state index contributed by atoms with van der Waals surface area (Å²) < 4.78 is 5.59. The van der Waals surface area contributed by atoms with Crippen LogP contribution in [0, 0.1) is 39.9 Å². The van der Waals surface area contributed by atoms with Crippen molar-refractivity contribution < 1.29 is 14.3 Å². The molecule has 3 fully saturated rings. The van der Waals surface area contributed by atoms with Gasteiger partial charge in [0.1, 0.15) is 11.9 Å². The van der Waals surface area contributed by atoms with Crippen molar-refractivity contribution in [2.45, 2.75) is 91.6 Å². The Balaban J connectivity index is 1.47. The highest BCUT2D eigenvalue weighted by Gasteiger charge is 2.68. The van der Waals surface area contributed by atoms with Gasteiger partial charge >= 0.3 is 5.97 Å². The topological polar surface area (TPSA) is 43.4 Å². The molecule has 0 N–H and O–H groups in total. The van der Waals surface area contributed by atoms with Crippen LogP contribution in [0.15, 0.2) is 23.8 Å². The van der Waals surface area contributed by atoms with E-state index in [2.05, 4.69) is 32.1 Å². The number of ether oxygens (including phenoxy) is 1. The molecule has 3 nitrogen and oxygen atoms in total. The third-order valence-electron chi connectivity index (χ3n) is 10.7. The molecule has 8 atom stereocenters. The fourth-order valence-electron chi connectivity index (χ4n) is 9.31. The third kappa shape index (κ3) is 2.56. The first-order valence-electron chi connectivity index (χ1n) is 12.2. The predicted octanol–water partition coefficient (Wildman–Crippen LogP) is 6.03. The standard InChI is InChI=1S/C27H38O3/c1-17(28)27-12-6-5-7-20(27)16-24-22-9-8-19-15-21(30-18(2)29)10-13-25(19,3)23(22)11-14-26(24,27)4/h5-6,8,20-24H,7,9-16H2,1-4H3/t20-,21+,22-,23+,24-,25-,26-,27-/m0/s1. The number of hydrogen-bond donors (Lipinski definition) is 0. The van der Waals surface area contributed by atoms with Crippen molar-refractivity contribution in [2.24, 2.45) is 39.9 Å². The Hall–Kier alpha value is -1.38. The summed E-state index contributed by atoms with van der Waals surface area (Å²) in [6.07, 6.45) is 17.1. The molecule has 5 rings (SSSR count). The number of allylic oxidation sites excluding steroid dienone is 3. The van der Waals surface area contributed by atoms with E-state index < -0.39 is 0 Å². The molecule has 0 bridgehead atoms. The molecule has 0 aromatic carbocycles. The molecule has 3 heteroatoms. The number of carbonyl (C=O) groups excluding carboxylic acids is 2. The van der Waals surface area contributed by atoms with E-state index in [4.69, 9.17) is 4.74 Å². The van der Waals surface area contributed by atoms with Crippen LogP contribution in [-0.2, 0) is 14.3 Å². The SMILES string of the molecule is CC(=O)O[C@@H]1CC[C@@]2(C)C(=CC[C@H]3[C@H]2CC[C@@]2(C)[C@H]3C[C@@H]3CC=CC[C@]32C(C)=O)C1. The second-order valence-electron chi connectivity index (χ2n) is 11.6. The maximum Gasteiger partial charge on any atom is 0.302 e. The minimum absolute atomic E-state index is 0.0636. The van der Waals surface area contributed by atoms with E-state index in [0.717, 1.165) is 38.5 Å². The van der Waals surface area contributed by atoms with Gasteiger partial charge in [-0.15, -0.1) is 0 Å². The summed E-state index contributed by atoms with van der Waals surface area (Å²) in [5, 5.41) is 0. The zero-order valence-electron chi connectivity index (χ0n) is 19.2. The van der Waals surface area contributed by atoms with Crippen molar-refractivity contribution in [3.63, 3.8) is 0 Å². The smallest absolute Gasteiger partial charge is 0.302 e. The van der Waals surface area contributed by atoms with Gasteiger partial charge in [0.15, 0.2) is 0 Å². The summed E-state index contributed by atoms with van der Waals surface area (Å²) in [6.45, 7) is 8.38. The Bertz CT molecular complexity index is 824. The molecule has 3 saturated carbocycles. The molecule has 0 aliphatic heterocycles. The first-order valence-corrected chi connectivity index (χ1v) is 12.2. The monoisotopic (exact) mass is 410 g/mol. The highest BCUT2D eigenvalue weighted by Crippen LogP contribution is 2.73. The molecular formula is C27H38O3. The fourth-order valence-corrected chi connectivity index (χ4v) is 9.31. The molecular weight excluding hydrogens is 372 g/mol. The number of Topliss-reactive ketones (excluding diaryl/α,β-unsaturated/α-hetero) is 1. The van der Waals surface area contributed by atoms with E-state index in [1.54, 1.807) is 5.57 Å². The van der Waals surface area contributed by atoms with Crippen LogP contribution in [0.3, 0.4) is 0 Å². The average Bonchev–Trinajstić information content (AvgIpc) is 2.98. The van der Waals surface area contributed by atoms with Crippen LogP contribution in [-0.4, -0.2) is 17.9 Å². The predicted molar refractivity (Wildman–Crippen MR) is 118 cm³/mol. The average molecular weight is 411 g/mol. The molecule has 164 valence electrons. The lowest BCUT2D eigenvalue weighted by Gasteiger charge is -2.60. The Morgan fingerprint density at radius 1 is 1.03 bits per heavy atom. The zero-order chi connectivity index (χ0) is 21.3. The maximum absolute atomic E-state index is 13.2. The zero-order valence-corrected chi connectivity index (χ0v) is 19.2. The van der Waals surface area contributed by atoms with Gasteiger partial charge in [-0.1, -0.05) is 37.6 Å². The number of rotatable bonds is 2. The van der Waals surface area contributed by atoms with Crippen molar-refractivity contribution in [3.8, 4) is 0 Å². The number of ketones is 1. The van der Waals surface area contributed by atoms with Crippen molar-refractivity contribution in [3.05, 3.63) is 23.8 Å². The van der Waals surface area contributed by atoms with Crippen LogP contribution in [0.4, 0.5) is 0 Å². The Morgan fingerprint density at radius 2 is 1.83 bits per heavy atom. The third-order valence-corrected chi connectivity index (χ3v) is 10.7. The second kappa shape index (κ2) is 6.81. The van der Waals surface area contributed by atoms with Gasteiger partial charge in [0.05, 0.1) is 0 Å². The van der Waals surface area contributed by atoms with Crippen LogP contribution in [0.25, 0.3) is 0 Å².